The summed E-state index contributed by atoms with van der Waals surface area (Å²) in [7, 11) is 0. The molecule has 0 aliphatic heterocycles. The van der Waals surface area contributed by atoms with E-state index in [9.17, 15) is 9.59 Å². The number of hydrogen-bond donors (Lipinski definition) is 1. The van der Waals surface area contributed by atoms with Crippen LogP contribution in [-0.2, 0) is 14.3 Å². The van der Waals surface area contributed by atoms with Crippen LogP contribution in [0.5, 0.6) is 0 Å². The van der Waals surface area contributed by atoms with Crippen molar-refractivity contribution in [2.75, 3.05) is 0 Å². The number of carbonyl (C=O) groups excluding carboxylic acids is 2. The Labute approximate surface area is 83.8 Å². The van der Waals surface area contributed by atoms with Crippen LogP contribution in [0.2, 0.25) is 0 Å². The maximum absolute atomic E-state index is 11.7. The van der Waals surface area contributed by atoms with Gasteiger partial charge in [-0.25, -0.2) is 0 Å². The number of ether oxygens (including phenoxy) is 1. The maximum atomic E-state index is 11.7. The number of rotatable bonds is 2. The number of esters is 1. The van der Waals surface area contributed by atoms with Gasteiger partial charge in [-0.2, -0.15) is 0 Å². The molecule has 0 bridgehead atoms. The Hall–Kier alpha value is -1.06. The van der Waals surface area contributed by atoms with Gasteiger partial charge in [0.2, 0.25) is 5.91 Å². The Morgan fingerprint density at radius 2 is 1.86 bits per heavy atom. The highest BCUT2D eigenvalue weighted by molar-refractivity contribution is 6.05. The van der Waals surface area contributed by atoms with Crippen LogP contribution in [0.4, 0.5) is 0 Å². The van der Waals surface area contributed by atoms with Crippen molar-refractivity contribution >= 4 is 11.9 Å². The van der Waals surface area contributed by atoms with Gasteiger partial charge in [0.25, 0.3) is 0 Å². The third kappa shape index (κ3) is 1.74. The van der Waals surface area contributed by atoms with Crippen LogP contribution in [0.3, 0.4) is 0 Å². The molecule has 2 atom stereocenters. The third-order valence-corrected chi connectivity index (χ3v) is 2.51. The Morgan fingerprint density at radius 1 is 1.43 bits per heavy atom. The molecule has 0 unspecified atom stereocenters. The summed E-state index contributed by atoms with van der Waals surface area (Å²) in [4.78, 5) is 22.8. The number of carbonyl (C=O) groups is 2. The Balaban J connectivity index is 2.75. The van der Waals surface area contributed by atoms with E-state index < -0.39 is 22.9 Å². The Morgan fingerprint density at radius 3 is 2.07 bits per heavy atom. The summed E-state index contributed by atoms with van der Waals surface area (Å²) in [5.41, 5.74) is 3.59. The third-order valence-electron chi connectivity index (χ3n) is 2.51. The van der Waals surface area contributed by atoms with E-state index in [2.05, 4.69) is 0 Å². The largest absolute Gasteiger partial charge is 0.459 e. The van der Waals surface area contributed by atoms with Crippen molar-refractivity contribution in [2.24, 2.45) is 17.1 Å². The second-order valence-electron chi connectivity index (χ2n) is 4.94. The molecular formula is C10H17NO3. The first-order chi connectivity index (χ1) is 6.20. The molecule has 0 spiro atoms. The molecule has 0 radical (unpaired) electrons. The van der Waals surface area contributed by atoms with E-state index in [1.165, 1.54) is 0 Å². The first kappa shape index (κ1) is 11.0. The van der Waals surface area contributed by atoms with Crippen molar-refractivity contribution in [3.63, 3.8) is 0 Å². The minimum Gasteiger partial charge on any atom is -0.459 e. The molecule has 0 aromatic rings. The highest BCUT2D eigenvalue weighted by Gasteiger charge is 2.64. The van der Waals surface area contributed by atoms with Crippen molar-refractivity contribution in [1.82, 2.24) is 0 Å². The molecule has 0 saturated heterocycles. The molecule has 0 heterocycles. The van der Waals surface area contributed by atoms with E-state index in [0.717, 1.165) is 0 Å². The predicted octanol–water partition coefficient (Wildman–Crippen LogP) is 0.840. The zero-order valence-electron chi connectivity index (χ0n) is 9.09. The molecule has 1 aliphatic rings. The zero-order valence-corrected chi connectivity index (χ0v) is 9.09. The minimum absolute atomic E-state index is 0.00912. The van der Waals surface area contributed by atoms with Gasteiger partial charge < -0.3 is 10.5 Å². The zero-order chi connectivity index (χ0) is 11.1. The monoisotopic (exact) mass is 199 g/mol. The van der Waals surface area contributed by atoms with Gasteiger partial charge in [0.1, 0.15) is 11.0 Å². The highest BCUT2D eigenvalue weighted by atomic mass is 16.6. The summed E-state index contributed by atoms with van der Waals surface area (Å²) in [6, 6.07) is 0. The van der Waals surface area contributed by atoms with Crippen LogP contribution in [0, 0.1) is 11.3 Å². The molecular weight excluding hydrogens is 182 g/mol. The summed E-state index contributed by atoms with van der Waals surface area (Å²) in [5, 5.41) is 0. The lowest BCUT2D eigenvalue weighted by atomic mass is 10.0. The molecule has 2 N–H and O–H groups in total. The smallest absolute Gasteiger partial charge is 0.322 e. The van der Waals surface area contributed by atoms with E-state index in [-0.39, 0.29) is 5.92 Å². The lowest BCUT2D eigenvalue weighted by molar-refractivity contribution is -0.164. The predicted molar refractivity (Wildman–Crippen MR) is 51.3 cm³/mol. The van der Waals surface area contributed by atoms with Gasteiger partial charge >= 0.3 is 5.97 Å². The van der Waals surface area contributed by atoms with Crippen LogP contribution in [0.15, 0.2) is 0 Å². The number of hydrogen-bond acceptors (Lipinski definition) is 3. The van der Waals surface area contributed by atoms with E-state index in [0.29, 0.717) is 6.42 Å². The average Bonchev–Trinajstić information content (AvgIpc) is 2.58. The molecule has 80 valence electrons. The molecule has 1 fully saturated rings. The summed E-state index contributed by atoms with van der Waals surface area (Å²) >= 11 is 0. The SMILES string of the molecule is C[C@H]1C[C@]1(C(N)=O)C(=O)OC(C)(C)C. The van der Waals surface area contributed by atoms with Crippen LogP contribution in [0.1, 0.15) is 34.1 Å². The quantitative estimate of drug-likeness (QED) is 0.529. The number of primary amides is 1. The molecule has 1 saturated carbocycles. The van der Waals surface area contributed by atoms with Crippen molar-refractivity contribution in [3.8, 4) is 0 Å². The number of amides is 1. The Bertz CT molecular complexity index is 280. The van der Waals surface area contributed by atoms with E-state index >= 15 is 0 Å². The summed E-state index contributed by atoms with van der Waals surface area (Å²) in [6.07, 6.45) is 0.511. The summed E-state index contributed by atoms with van der Waals surface area (Å²) in [5.74, 6) is -1.04. The first-order valence-corrected chi connectivity index (χ1v) is 4.73. The average molecular weight is 199 g/mol. The fourth-order valence-corrected chi connectivity index (χ4v) is 1.52. The lowest BCUT2D eigenvalue weighted by Crippen LogP contribution is -2.38. The number of nitrogens with two attached hydrogens (primary N) is 1. The molecule has 0 aromatic carbocycles. The van der Waals surface area contributed by atoms with Crippen molar-refractivity contribution in [1.29, 1.82) is 0 Å². The van der Waals surface area contributed by atoms with Crippen LogP contribution < -0.4 is 5.73 Å². The van der Waals surface area contributed by atoms with Crippen molar-refractivity contribution < 1.29 is 14.3 Å². The second kappa shape index (κ2) is 2.97. The normalized spacial score (nSPS) is 31.0. The standard InChI is InChI=1S/C10H17NO3/c1-6-5-10(6,7(11)12)8(13)14-9(2,3)4/h6H,5H2,1-4H3,(H2,11,12)/t6-,10-/m0/s1. The molecule has 4 heteroatoms. The van der Waals surface area contributed by atoms with E-state index in [1.807, 2.05) is 6.92 Å². The van der Waals surface area contributed by atoms with Crippen molar-refractivity contribution in [2.45, 2.75) is 39.7 Å². The van der Waals surface area contributed by atoms with Gasteiger partial charge in [0.15, 0.2) is 0 Å². The summed E-state index contributed by atoms with van der Waals surface area (Å²) in [6.45, 7) is 7.14. The lowest BCUT2D eigenvalue weighted by Gasteiger charge is -2.22. The van der Waals surface area contributed by atoms with Crippen LogP contribution in [0.25, 0.3) is 0 Å². The van der Waals surface area contributed by atoms with Gasteiger partial charge in [-0.05, 0) is 33.1 Å². The van der Waals surface area contributed by atoms with Gasteiger partial charge in [0, 0.05) is 0 Å². The molecule has 1 amide bonds. The second-order valence-corrected chi connectivity index (χ2v) is 4.94. The van der Waals surface area contributed by atoms with E-state index in [4.69, 9.17) is 10.5 Å². The van der Waals surface area contributed by atoms with E-state index in [1.54, 1.807) is 20.8 Å². The summed E-state index contributed by atoms with van der Waals surface area (Å²) < 4.78 is 5.16. The molecule has 0 aromatic heterocycles. The topological polar surface area (TPSA) is 69.4 Å². The van der Waals surface area contributed by atoms with Gasteiger partial charge in [-0.15, -0.1) is 0 Å². The van der Waals surface area contributed by atoms with Crippen molar-refractivity contribution in [3.05, 3.63) is 0 Å². The molecule has 14 heavy (non-hydrogen) atoms. The van der Waals surface area contributed by atoms with Gasteiger partial charge in [0.05, 0.1) is 0 Å². The first-order valence-electron chi connectivity index (χ1n) is 4.73. The molecule has 4 nitrogen and oxygen atoms in total. The molecule has 1 rings (SSSR count). The van der Waals surface area contributed by atoms with Gasteiger partial charge in [-0.1, -0.05) is 6.92 Å². The highest BCUT2D eigenvalue weighted by Crippen LogP contribution is 2.53. The van der Waals surface area contributed by atoms with Crippen LogP contribution >= 0.6 is 0 Å². The maximum Gasteiger partial charge on any atom is 0.322 e. The fourth-order valence-electron chi connectivity index (χ4n) is 1.52. The van der Waals surface area contributed by atoms with Gasteiger partial charge in [-0.3, -0.25) is 9.59 Å². The molecule has 1 aliphatic carbocycles. The fraction of sp³-hybridized carbons (Fsp3) is 0.800. The minimum atomic E-state index is -1.05. The van der Waals surface area contributed by atoms with Crippen LogP contribution in [-0.4, -0.2) is 17.5 Å². The Kier molecular flexibility index (Phi) is 2.34.